The van der Waals surface area contributed by atoms with Gasteiger partial charge in [0.1, 0.15) is 0 Å². The molecule has 8 heteroatoms. The van der Waals surface area contributed by atoms with Crippen molar-refractivity contribution in [2.75, 3.05) is 52.9 Å². The van der Waals surface area contributed by atoms with E-state index in [0.717, 1.165) is 31.3 Å². The molecule has 1 aliphatic rings. The van der Waals surface area contributed by atoms with Crippen LogP contribution in [-0.4, -0.2) is 78.4 Å². The average molecular weight is 491 g/mol. The minimum absolute atomic E-state index is 0. The second kappa shape index (κ2) is 11.9. The van der Waals surface area contributed by atoms with E-state index in [0.29, 0.717) is 5.92 Å². The van der Waals surface area contributed by atoms with E-state index in [-0.39, 0.29) is 24.0 Å². The van der Waals surface area contributed by atoms with Gasteiger partial charge in [-0.05, 0) is 26.3 Å². The van der Waals surface area contributed by atoms with E-state index >= 15 is 0 Å². The predicted molar refractivity (Wildman–Crippen MR) is 124 cm³/mol. The highest BCUT2D eigenvalue weighted by Crippen LogP contribution is 2.11. The van der Waals surface area contributed by atoms with Gasteiger partial charge in [-0.25, -0.2) is 0 Å². The number of halogens is 1. The van der Waals surface area contributed by atoms with E-state index in [9.17, 15) is 0 Å². The Morgan fingerprint density at radius 3 is 2.30 bits per heavy atom. The van der Waals surface area contributed by atoms with Crippen LogP contribution in [0.4, 0.5) is 0 Å². The Labute approximate surface area is 182 Å². The molecule has 1 aromatic heterocycles. The summed E-state index contributed by atoms with van der Waals surface area (Å²) in [5, 5.41) is 11.4. The Hall–Kier alpha value is -0.870. The number of hydrogen-bond acceptors (Lipinski definition) is 4. The first-order valence-corrected chi connectivity index (χ1v) is 9.82. The van der Waals surface area contributed by atoms with E-state index in [1.807, 2.05) is 18.8 Å². The SMILES string of the molecule is CCN1CCN(CC(C)CNC(=NC)NCc2c(C)nn(C)c2C)CC1.I. The van der Waals surface area contributed by atoms with Crippen molar-refractivity contribution in [3.8, 4) is 0 Å². The molecule has 156 valence electrons. The zero-order chi connectivity index (χ0) is 19.1. The molecular weight excluding hydrogens is 453 g/mol. The molecule has 2 N–H and O–H groups in total. The highest BCUT2D eigenvalue weighted by Gasteiger charge is 2.17. The van der Waals surface area contributed by atoms with E-state index < -0.39 is 0 Å². The molecule has 1 saturated heterocycles. The van der Waals surface area contributed by atoms with Crippen molar-refractivity contribution >= 4 is 29.9 Å². The molecular formula is C19H38IN7. The lowest BCUT2D eigenvalue weighted by Crippen LogP contribution is -2.48. The van der Waals surface area contributed by atoms with E-state index in [1.54, 1.807) is 0 Å². The first-order chi connectivity index (χ1) is 12.4. The van der Waals surface area contributed by atoms with Crippen molar-refractivity contribution < 1.29 is 0 Å². The van der Waals surface area contributed by atoms with Crippen molar-refractivity contribution in [2.45, 2.75) is 34.2 Å². The molecule has 0 aromatic carbocycles. The number of piperazine rings is 1. The van der Waals surface area contributed by atoms with Crippen LogP contribution in [-0.2, 0) is 13.6 Å². The molecule has 1 aromatic rings. The Bertz CT molecular complexity index is 591. The van der Waals surface area contributed by atoms with Crippen molar-refractivity contribution in [1.82, 2.24) is 30.2 Å². The van der Waals surface area contributed by atoms with Gasteiger partial charge in [0, 0.05) is 71.2 Å². The summed E-state index contributed by atoms with van der Waals surface area (Å²) < 4.78 is 1.93. The number of nitrogens with one attached hydrogen (secondary N) is 2. The molecule has 0 amide bonds. The molecule has 1 aliphatic heterocycles. The van der Waals surface area contributed by atoms with Gasteiger partial charge >= 0.3 is 0 Å². The Morgan fingerprint density at radius 2 is 1.78 bits per heavy atom. The van der Waals surface area contributed by atoms with Crippen molar-refractivity contribution in [3.05, 3.63) is 17.0 Å². The van der Waals surface area contributed by atoms with Gasteiger partial charge in [0.2, 0.25) is 0 Å². The van der Waals surface area contributed by atoms with Crippen LogP contribution in [0, 0.1) is 19.8 Å². The molecule has 0 aliphatic carbocycles. The molecule has 1 unspecified atom stereocenters. The average Bonchev–Trinajstić information content (AvgIpc) is 2.88. The number of hydrogen-bond donors (Lipinski definition) is 2. The topological polar surface area (TPSA) is 60.7 Å². The van der Waals surface area contributed by atoms with Crippen LogP contribution in [0.3, 0.4) is 0 Å². The summed E-state index contributed by atoms with van der Waals surface area (Å²) in [4.78, 5) is 9.46. The zero-order valence-electron chi connectivity index (χ0n) is 17.9. The fourth-order valence-electron chi connectivity index (χ4n) is 3.53. The van der Waals surface area contributed by atoms with Crippen LogP contribution >= 0.6 is 24.0 Å². The van der Waals surface area contributed by atoms with Gasteiger partial charge in [0.05, 0.1) is 5.69 Å². The largest absolute Gasteiger partial charge is 0.356 e. The summed E-state index contributed by atoms with van der Waals surface area (Å²) >= 11 is 0. The summed E-state index contributed by atoms with van der Waals surface area (Å²) in [6.45, 7) is 17.5. The predicted octanol–water partition coefficient (Wildman–Crippen LogP) is 1.59. The smallest absolute Gasteiger partial charge is 0.191 e. The maximum Gasteiger partial charge on any atom is 0.191 e. The highest BCUT2D eigenvalue weighted by atomic mass is 127. The van der Waals surface area contributed by atoms with E-state index in [1.165, 1.54) is 44.0 Å². The van der Waals surface area contributed by atoms with Crippen LogP contribution in [0.1, 0.15) is 30.8 Å². The van der Waals surface area contributed by atoms with Crippen molar-refractivity contribution in [1.29, 1.82) is 0 Å². The van der Waals surface area contributed by atoms with Gasteiger partial charge in [-0.3, -0.25) is 9.67 Å². The molecule has 1 fully saturated rings. The molecule has 0 spiro atoms. The number of likely N-dealkylation sites (N-methyl/N-ethyl adjacent to an activating group) is 1. The third-order valence-electron chi connectivity index (χ3n) is 5.42. The maximum absolute atomic E-state index is 4.47. The fourth-order valence-corrected chi connectivity index (χ4v) is 3.53. The maximum atomic E-state index is 4.47. The lowest BCUT2D eigenvalue weighted by atomic mass is 10.1. The Balaban J connectivity index is 0.00000364. The number of aromatic nitrogens is 2. The third kappa shape index (κ3) is 7.23. The number of nitrogens with zero attached hydrogens (tertiary/aromatic N) is 5. The summed E-state index contributed by atoms with van der Waals surface area (Å²) in [7, 11) is 3.81. The van der Waals surface area contributed by atoms with Crippen LogP contribution in [0.15, 0.2) is 4.99 Å². The van der Waals surface area contributed by atoms with Gasteiger partial charge in [-0.15, -0.1) is 24.0 Å². The molecule has 0 bridgehead atoms. The normalized spacial score (nSPS) is 17.5. The first kappa shape index (κ1) is 24.2. The minimum atomic E-state index is 0. The van der Waals surface area contributed by atoms with E-state index in [4.69, 9.17) is 0 Å². The molecule has 1 atom stereocenters. The molecule has 27 heavy (non-hydrogen) atoms. The third-order valence-corrected chi connectivity index (χ3v) is 5.42. The number of rotatable bonds is 7. The standard InChI is InChI=1S/C19H37N7.HI/c1-7-25-8-10-26(11-9-25)14-15(2)12-21-19(20-5)22-13-18-16(3)23-24(6)17(18)4;/h15H,7-14H2,1-6H3,(H2,20,21,22);1H. The molecule has 2 rings (SSSR count). The first-order valence-electron chi connectivity index (χ1n) is 9.82. The van der Waals surface area contributed by atoms with Gasteiger partial charge in [-0.1, -0.05) is 13.8 Å². The molecule has 7 nitrogen and oxygen atoms in total. The van der Waals surface area contributed by atoms with Crippen LogP contribution in [0.2, 0.25) is 0 Å². The van der Waals surface area contributed by atoms with Crippen LogP contribution in [0.25, 0.3) is 0 Å². The van der Waals surface area contributed by atoms with Crippen molar-refractivity contribution in [2.24, 2.45) is 18.0 Å². The summed E-state index contributed by atoms with van der Waals surface area (Å²) in [6.07, 6.45) is 0. The molecule has 0 radical (unpaired) electrons. The Kier molecular flexibility index (Phi) is 10.6. The van der Waals surface area contributed by atoms with Gasteiger partial charge in [-0.2, -0.15) is 5.10 Å². The fraction of sp³-hybridized carbons (Fsp3) is 0.789. The van der Waals surface area contributed by atoms with Crippen molar-refractivity contribution in [3.63, 3.8) is 0 Å². The van der Waals surface area contributed by atoms with Crippen LogP contribution in [0.5, 0.6) is 0 Å². The van der Waals surface area contributed by atoms with Gasteiger partial charge < -0.3 is 20.4 Å². The number of guanidine groups is 1. The van der Waals surface area contributed by atoms with E-state index in [2.05, 4.69) is 58.2 Å². The van der Waals surface area contributed by atoms with Gasteiger partial charge in [0.15, 0.2) is 5.96 Å². The lowest BCUT2D eigenvalue weighted by molar-refractivity contribution is 0.124. The van der Waals surface area contributed by atoms with Crippen LogP contribution < -0.4 is 10.6 Å². The second-order valence-electron chi connectivity index (χ2n) is 7.42. The summed E-state index contributed by atoms with van der Waals surface area (Å²) in [6, 6.07) is 0. The minimum Gasteiger partial charge on any atom is -0.356 e. The quantitative estimate of drug-likeness (QED) is 0.345. The Morgan fingerprint density at radius 1 is 1.15 bits per heavy atom. The zero-order valence-corrected chi connectivity index (χ0v) is 20.2. The molecule has 0 saturated carbocycles. The summed E-state index contributed by atoms with van der Waals surface area (Å²) in [5.74, 6) is 1.44. The monoisotopic (exact) mass is 491 g/mol. The number of aryl methyl sites for hydroxylation is 2. The second-order valence-corrected chi connectivity index (χ2v) is 7.42. The summed E-state index contributed by atoms with van der Waals surface area (Å²) in [5.41, 5.74) is 3.52. The molecule has 2 heterocycles. The van der Waals surface area contributed by atoms with Gasteiger partial charge in [0.25, 0.3) is 0 Å². The highest BCUT2D eigenvalue weighted by molar-refractivity contribution is 14.0. The number of aliphatic imine (C=N–C) groups is 1. The lowest BCUT2D eigenvalue weighted by Gasteiger charge is -2.35.